The molecule has 2 unspecified atom stereocenters. The zero-order valence-electron chi connectivity index (χ0n) is 14.3. The molecule has 0 radical (unpaired) electrons. The Hall–Kier alpha value is -2.11. The minimum Gasteiger partial charge on any atom is -0.497 e. The molecule has 0 saturated heterocycles. The van der Waals surface area contributed by atoms with Crippen molar-refractivity contribution in [2.45, 2.75) is 18.9 Å². The standard InChI is InChI=1S/C19H24FNO3/c1-13(14-4-6-16(20)7-5-14)11-21-12-19(22)15-8-17(23-2)10-18(9-15)24-3/h4-10,13,19,21-22H,11-12H2,1-3H3. The Morgan fingerprint density at radius 3 is 2.08 bits per heavy atom. The van der Waals surface area contributed by atoms with E-state index in [4.69, 9.17) is 9.47 Å². The van der Waals surface area contributed by atoms with Gasteiger partial charge in [0.1, 0.15) is 17.3 Å². The molecule has 0 bridgehead atoms. The van der Waals surface area contributed by atoms with Gasteiger partial charge in [0.05, 0.1) is 20.3 Å². The fourth-order valence-corrected chi connectivity index (χ4v) is 2.49. The summed E-state index contributed by atoms with van der Waals surface area (Å²) in [5.41, 5.74) is 1.79. The topological polar surface area (TPSA) is 50.7 Å². The summed E-state index contributed by atoms with van der Waals surface area (Å²) in [6.07, 6.45) is -0.672. The molecule has 2 atom stereocenters. The van der Waals surface area contributed by atoms with Crippen molar-refractivity contribution >= 4 is 0 Å². The molecule has 0 fully saturated rings. The number of hydrogen-bond acceptors (Lipinski definition) is 4. The van der Waals surface area contributed by atoms with Crippen LogP contribution in [0.15, 0.2) is 42.5 Å². The lowest BCUT2D eigenvalue weighted by atomic mass is 10.0. The number of aliphatic hydroxyl groups excluding tert-OH is 1. The number of aliphatic hydroxyl groups is 1. The predicted octanol–water partition coefficient (Wildman–Crippen LogP) is 3.27. The quantitative estimate of drug-likeness (QED) is 0.778. The van der Waals surface area contributed by atoms with Crippen molar-refractivity contribution in [3.05, 3.63) is 59.4 Å². The fraction of sp³-hybridized carbons (Fsp3) is 0.368. The van der Waals surface area contributed by atoms with E-state index in [9.17, 15) is 9.50 Å². The minimum atomic E-state index is -0.672. The van der Waals surface area contributed by atoms with E-state index >= 15 is 0 Å². The molecule has 0 saturated carbocycles. The SMILES string of the molecule is COc1cc(OC)cc(C(O)CNCC(C)c2ccc(F)cc2)c1. The zero-order chi connectivity index (χ0) is 17.5. The van der Waals surface area contributed by atoms with E-state index in [2.05, 4.69) is 12.2 Å². The maximum Gasteiger partial charge on any atom is 0.123 e. The highest BCUT2D eigenvalue weighted by molar-refractivity contribution is 5.39. The fourth-order valence-electron chi connectivity index (χ4n) is 2.49. The highest BCUT2D eigenvalue weighted by Crippen LogP contribution is 2.26. The normalized spacial score (nSPS) is 13.4. The number of nitrogens with one attached hydrogen (secondary N) is 1. The minimum absolute atomic E-state index is 0.220. The number of halogens is 1. The summed E-state index contributed by atoms with van der Waals surface area (Å²) >= 11 is 0. The molecule has 0 aliphatic carbocycles. The van der Waals surface area contributed by atoms with Gasteiger partial charge in [0.15, 0.2) is 0 Å². The monoisotopic (exact) mass is 333 g/mol. The van der Waals surface area contributed by atoms with Crippen molar-refractivity contribution in [3.63, 3.8) is 0 Å². The molecule has 0 aliphatic heterocycles. The van der Waals surface area contributed by atoms with Crippen LogP contribution in [-0.2, 0) is 0 Å². The lowest BCUT2D eigenvalue weighted by molar-refractivity contribution is 0.173. The third kappa shape index (κ3) is 4.94. The lowest BCUT2D eigenvalue weighted by Crippen LogP contribution is -2.25. The summed E-state index contributed by atoms with van der Waals surface area (Å²) in [7, 11) is 3.15. The first kappa shape index (κ1) is 18.2. The van der Waals surface area contributed by atoms with Crippen LogP contribution in [0, 0.1) is 5.82 Å². The first-order valence-electron chi connectivity index (χ1n) is 7.90. The van der Waals surface area contributed by atoms with Crippen LogP contribution in [-0.4, -0.2) is 32.4 Å². The van der Waals surface area contributed by atoms with Crippen LogP contribution < -0.4 is 14.8 Å². The lowest BCUT2D eigenvalue weighted by Gasteiger charge is -2.17. The van der Waals surface area contributed by atoms with Gasteiger partial charge in [-0.05, 0) is 41.3 Å². The summed E-state index contributed by atoms with van der Waals surface area (Å²) in [6.45, 7) is 3.15. The molecular weight excluding hydrogens is 309 g/mol. The maximum atomic E-state index is 13.0. The van der Waals surface area contributed by atoms with Crippen molar-refractivity contribution in [2.24, 2.45) is 0 Å². The van der Waals surface area contributed by atoms with Gasteiger partial charge < -0.3 is 19.9 Å². The molecule has 0 heterocycles. The number of ether oxygens (including phenoxy) is 2. The number of hydrogen-bond donors (Lipinski definition) is 2. The number of methoxy groups -OCH3 is 2. The highest BCUT2D eigenvalue weighted by Gasteiger charge is 2.12. The van der Waals surface area contributed by atoms with Gasteiger partial charge in [-0.1, -0.05) is 19.1 Å². The average Bonchev–Trinajstić information content (AvgIpc) is 2.61. The molecule has 0 aliphatic rings. The summed E-state index contributed by atoms with van der Waals surface area (Å²) in [6, 6.07) is 11.8. The van der Waals surface area contributed by atoms with E-state index in [1.54, 1.807) is 44.6 Å². The molecule has 24 heavy (non-hydrogen) atoms. The summed E-state index contributed by atoms with van der Waals surface area (Å²) < 4.78 is 23.4. The number of rotatable bonds is 8. The molecule has 2 N–H and O–H groups in total. The first-order valence-corrected chi connectivity index (χ1v) is 7.90. The molecule has 5 heteroatoms. The van der Waals surface area contributed by atoms with Gasteiger partial charge in [0.25, 0.3) is 0 Å². The van der Waals surface area contributed by atoms with Gasteiger partial charge in [-0.2, -0.15) is 0 Å². The van der Waals surface area contributed by atoms with Crippen molar-refractivity contribution in [1.82, 2.24) is 5.32 Å². The maximum absolute atomic E-state index is 13.0. The molecule has 2 rings (SSSR count). The van der Waals surface area contributed by atoms with Gasteiger partial charge in [-0.25, -0.2) is 4.39 Å². The molecular formula is C19H24FNO3. The highest BCUT2D eigenvalue weighted by atomic mass is 19.1. The zero-order valence-corrected chi connectivity index (χ0v) is 14.3. The van der Waals surface area contributed by atoms with E-state index in [1.165, 1.54) is 12.1 Å². The van der Waals surface area contributed by atoms with E-state index in [0.29, 0.717) is 24.6 Å². The molecule has 2 aromatic carbocycles. The molecule has 0 spiro atoms. The average molecular weight is 333 g/mol. The van der Waals surface area contributed by atoms with Gasteiger partial charge in [0, 0.05) is 19.2 Å². The molecule has 130 valence electrons. The first-order chi connectivity index (χ1) is 11.5. The summed E-state index contributed by atoms with van der Waals surface area (Å²) in [4.78, 5) is 0. The summed E-state index contributed by atoms with van der Waals surface area (Å²) in [5.74, 6) is 1.27. The van der Waals surface area contributed by atoms with Crippen molar-refractivity contribution in [2.75, 3.05) is 27.3 Å². The second kappa shape index (κ2) is 8.66. The van der Waals surface area contributed by atoms with E-state index in [-0.39, 0.29) is 11.7 Å². The van der Waals surface area contributed by atoms with Crippen LogP contribution >= 0.6 is 0 Å². The van der Waals surface area contributed by atoms with Crippen LogP contribution in [0.3, 0.4) is 0 Å². The molecule has 2 aromatic rings. The smallest absolute Gasteiger partial charge is 0.123 e. The number of benzene rings is 2. The van der Waals surface area contributed by atoms with Crippen molar-refractivity contribution in [1.29, 1.82) is 0 Å². The Kier molecular flexibility index (Phi) is 6.58. The van der Waals surface area contributed by atoms with Crippen LogP contribution in [0.25, 0.3) is 0 Å². The molecule has 0 aromatic heterocycles. The van der Waals surface area contributed by atoms with Gasteiger partial charge >= 0.3 is 0 Å². The van der Waals surface area contributed by atoms with Gasteiger partial charge in [0.2, 0.25) is 0 Å². The van der Waals surface area contributed by atoms with Gasteiger partial charge in [-0.15, -0.1) is 0 Å². The Morgan fingerprint density at radius 2 is 1.54 bits per heavy atom. The Bertz CT molecular complexity index is 623. The van der Waals surface area contributed by atoms with E-state index in [1.807, 2.05) is 0 Å². The third-order valence-corrected chi connectivity index (χ3v) is 3.99. The van der Waals surface area contributed by atoms with E-state index in [0.717, 1.165) is 11.1 Å². The predicted molar refractivity (Wildman–Crippen MR) is 92.2 cm³/mol. The molecule has 0 amide bonds. The van der Waals surface area contributed by atoms with Crippen LogP contribution in [0.2, 0.25) is 0 Å². The van der Waals surface area contributed by atoms with Crippen LogP contribution in [0.5, 0.6) is 11.5 Å². The van der Waals surface area contributed by atoms with E-state index < -0.39 is 6.10 Å². The van der Waals surface area contributed by atoms with Gasteiger partial charge in [-0.3, -0.25) is 0 Å². The van der Waals surface area contributed by atoms with Crippen LogP contribution in [0.4, 0.5) is 4.39 Å². The van der Waals surface area contributed by atoms with Crippen molar-refractivity contribution in [3.8, 4) is 11.5 Å². The summed E-state index contributed by atoms with van der Waals surface area (Å²) in [5, 5.41) is 13.6. The van der Waals surface area contributed by atoms with Crippen LogP contribution in [0.1, 0.15) is 30.1 Å². The Balaban J connectivity index is 1.90. The molecule has 4 nitrogen and oxygen atoms in total. The Labute approximate surface area is 142 Å². The second-order valence-corrected chi connectivity index (χ2v) is 5.77. The third-order valence-electron chi connectivity index (χ3n) is 3.99. The second-order valence-electron chi connectivity index (χ2n) is 5.77. The Morgan fingerprint density at radius 1 is 0.958 bits per heavy atom. The van der Waals surface area contributed by atoms with Crippen molar-refractivity contribution < 1.29 is 19.0 Å². The largest absolute Gasteiger partial charge is 0.497 e.